The first-order valence-corrected chi connectivity index (χ1v) is 11.4. The number of aromatic amines is 1. The fourth-order valence-corrected chi connectivity index (χ4v) is 5.13. The summed E-state index contributed by atoms with van der Waals surface area (Å²) >= 11 is 14.0. The van der Waals surface area contributed by atoms with Gasteiger partial charge < -0.3 is 4.98 Å². The fourth-order valence-electron chi connectivity index (χ4n) is 3.86. The summed E-state index contributed by atoms with van der Waals surface area (Å²) in [5.74, 6) is -0.0779. The Kier molecular flexibility index (Phi) is 5.30. The van der Waals surface area contributed by atoms with Crippen LogP contribution in [0.2, 0.25) is 10.0 Å². The van der Waals surface area contributed by atoms with Crippen molar-refractivity contribution in [1.82, 2.24) is 9.97 Å². The molecule has 31 heavy (non-hydrogen) atoms. The van der Waals surface area contributed by atoms with E-state index in [0.29, 0.717) is 27.3 Å². The zero-order valence-electron chi connectivity index (χ0n) is 16.6. The maximum absolute atomic E-state index is 12.2. The molecule has 0 saturated heterocycles. The number of carbonyl (C=O) groups excluding carboxylic acids is 1. The van der Waals surface area contributed by atoms with Crippen molar-refractivity contribution in [2.24, 2.45) is 5.10 Å². The Labute approximate surface area is 193 Å². The van der Waals surface area contributed by atoms with Crippen LogP contribution in [0.1, 0.15) is 22.9 Å². The average Bonchev–Trinajstić information content (AvgIpc) is 3.36. The lowest BCUT2D eigenvalue weighted by Crippen LogP contribution is -2.15. The standard InChI is InChI=1S/C23H18Cl2N4OS/c1-12(30)20(9-14-11-26-19-5-3-2-4-15(14)19)28-29-23-27-22-16-10-18(25)17(24)8-13(16)6-7-21(22)31-23/h2-5,8,10-11,26H,6-7,9H2,1H3,(H,27,29)/b28-20-. The number of para-hydroxylation sites is 1. The van der Waals surface area contributed by atoms with Crippen LogP contribution in [-0.2, 0) is 24.1 Å². The molecule has 0 amide bonds. The van der Waals surface area contributed by atoms with Crippen LogP contribution in [0, 0.1) is 0 Å². The number of Topliss-reactive ketones (excluding diaryl/α,β-unsaturated/α-hetero) is 1. The molecule has 0 fully saturated rings. The van der Waals surface area contributed by atoms with Gasteiger partial charge in [0.15, 0.2) is 5.78 Å². The van der Waals surface area contributed by atoms with Gasteiger partial charge in [0.2, 0.25) is 5.13 Å². The highest BCUT2D eigenvalue weighted by Gasteiger charge is 2.22. The number of aryl methyl sites for hydroxylation is 2. The summed E-state index contributed by atoms with van der Waals surface area (Å²) in [7, 11) is 0. The molecular weight excluding hydrogens is 451 g/mol. The second-order valence-corrected chi connectivity index (χ2v) is 9.38. The van der Waals surface area contributed by atoms with Gasteiger partial charge in [0, 0.05) is 40.9 Å². The highest BCUT2D eigenvalue weighted by atomic mass is 35.5. The van der Waals surface area contributed by atoms with Crippen molar-refractivity contribution in [3.05, 3.63) is 68.6 Å². The van der Waals surface area contributed by atoms with Gasteiger partial charge in [-0.25, -0.2) is 4.98 Å². The highest BCUT2D eigenvalue weighted by Crippen LogP contribution is 2.41. The third-order valence-corrected chi connectivity index (χ3v) is 7.19. The molecule has 0 atom stereocenters. The van der Waals surface area contributed by atoms with E-state index < -0.39 is 0 Å². The summed E-state index contributed by atoms with van der Waals surface area (Å²) in [5.41, 5.74) is 8.59. The smallest absolute Gasteiger partial charge is 0.204 e. The number of ketones is 1. The number of thiazole rings is 1. The van der Waals surface area contributed by atoms with Gasteiger partial charge in [0.25, 0.3) is 0 Å². The van der Waals surface area contributed by atoms with Crippen molar-refractivity contribution in [3.63, 3.8) is 0 Å². The lowest BCUT2D eigenvalue weighted by Gasteiger charge is -2.15. The van der Waals surface area contributed by atoms with Crippen molar-refractivity contribution in [2.75, 3.05) is 5.43 Å². The number of nitrogens with zero attached hydrogens (tertiary/aromatic N) is 2. The molecule has 2 aromatic carbocycles. The topological polar surface area (TPSA) is 70.1 Å². The number of hydrazone groups is 1. The summed E-state index contributed by atoms with van der Waals surface area (Å²) in [6.07, 6.45) is 4.15. The Bertz CT molecular complexity index is 1360. The van der Waals surface area contributed by atoms with E-state index in [0.717, 1.165) is 46.1 Å². The first kappa shape index (κ1) is 20.2. The van der Waals surface area contributed by atoms with E-state index >= 15 is 0 Å². The quantitative estimate of drug-likeness (QED) is 0.266. The number of rotatable bonds is 5. The van der Waals surface area contributed by atoms with Crippen molar-refractivity contribution in [2.45, 2.75) is 26.2 Å². The number of anilines is 1. The highest BCUT2D eigenvalue weighted by molar-refractivity contribution is 7.16. The second-order valence-electron chi connectivity index (χ2n) is 7.48. The zero-order chi connectivity index (χ0) is 21.5. The zero-order valence-corrected chi connectivity index (χ0v) is 19.0. The van der Waals surface area contributed by atoms with Crippen LogP contribution in [0.5, 0.6) is 0 Å². The molecule has 156 valence electrons. The Hall–Kier alpha value is -2.67. The molecule has 2 N–H and O–H groups in total. The largest absolute Gasteiger partial charge is 0.361 e. The Morgan fingerprint density at radius 2 is 2.03 bits per heavy atom. The molecule has 0 aliphatic heterocycles. The minimum atomic E-state index is -0.0779. The molecule has 0 radical (unpaired) electrons. The molecule has 0 saturated carbocycles. The molecule has 1 aliphatic rings. The van der Waals surface area contributed by atoms with Crippen molar-refractivity contribution in [3.8, 4) is 11.3 Å². The molecule has 0 bridgehead atoms. The molecule has 2 aromatic heterocycles. The number of halogens is 2. The van der Waals surface area contributed by atoms with E-state index in [2.05, 4.69) is 15.5 Å². The minimum Gasteiger partial charge on any atom is -0.361 e. The van der Waals surface area contributed by atoms with Crippen LogP contribution in [0.3, 0.4) is 0 Å². The number of aromatic nitrogens is 2. The number of carbonyl (C=O) groups is 1. The molecule has 5 nitrogen and oxygen atoms in total. The van der Waals surface area contributed by atoms with Gasteiger partial charge in [-0.3, -0.25) is 10.2 Å². The summed E-state index contributed by atoms with van der Waals surface area (Å²) in [6, 6.07) is 11.8. The number of hydrogen-bond acceptors (Lipinski definition) is 5. The van der Waals surface area contributed by atoms with Crippen LogP contribution in [-0.4, -0.2) is 21.5 Å². The number of fused-ring (bicyclic) bond motifs is 4. The van der Waals surface area contributed by atoms with Gasteiger partial charge in [0.1, 0.15) is 5.71 Å². The molecular formula is C23H18Cl2N4OS. The summed E-state index contributed by atoms with van der Waals surface area (Å²) < 4.78 is 0. The Morgan fingerprint density at radius 3 is 2.87 bits per heavy atom. The van der Waals surface area contributed by atoms with Crippen LogP contribution in [0.4, 0.5) is 5.13 Å². The molecule has 0 unspecified atom stereocenters. The van der Waals surface area contributed by atoms with Crippen LogP contribution < -0.4 is 5.43 Å². The maximum atomic E-state index is 12.2. The van der Waals surface area contributed by atoms with Crippen LogP contribution in [0.15, 0.2) is 47.7 Å². The van der Waals surface area contributed by atoms with Gasteiger partial charge in [-0.05, 0) is 42.2 Å². The third kappa shape index (κ3) is 3.87. The number of hydrogen-bond donors (Lipinski definition) is 2. The van der Waals surface area contributed by atoms with Crippen molar-refractivity contribution < 1.29 is 4.79 Å². The van der Waals surface area contributed by atoms with Gasteiger partial charge in [0.05, 0.1) is 15.7 Å². The van der Waals surface area contributed by atoms with Gasteiger partial charge in [-0.15, -0.1) is 0 Å². The minimum absolute atomic E-state index is 0.0779. The van der Waals surface area contributed by atoms with Crippen LogP contribution in [0.25, 0.3) is 22.2 Å². The molecule has 0 spiro atoms. The molecule has 2 heterocycles. The van der Waals surface area contributed by atoms with Crippen molar-refractivity contribution >= 4 is 62.1 Å². The van der Waals surface area contributed by atoms with Crippen molar-refractivity contribution in [1.29, 1.82) is 0 Å². The normalized spacial score (nSPS) is 13.2. The predicted octanol–water partition coefficient (Wildman–Crippen LogP) is 6.30. The van der Waals surface area contributed by atoms with E-state index in [-0.39, 0.29) is 5.78 Å². The average molecular weight is 469 g/mol. The fraction of sp³-hybridized carbons (Fsp3) is 0.174. The van der Waals surface area contributed by atoms with Gasteiger partial charge >= 0.3 is 0 Å². The van der Waals surface area contributed by atoms with Gasteiger partial charge in [-0.1, -0.05) is 52.7 Å². The van der Waals surface area contributed by atoms with Crippen LogP contribution >= 0.6 is 34.5 Å². The Morgan fingerprint density at radius 1 is 1.23 bits per heavy atom. The van der Waals surface area contributed by atoms with E-state index in [9.17, 15) is 4.79 Å². The summed E-state index contributed by atoms with van der Waals surface area (Å²) in [6.45, 7) is 1.53. The summed E-state index contributed by atoms with van der Waals surface area (Å²) in [4.78, 5) is 21.4. The first-order valence-electron chi connectivity index (χ1n) is 9.86. The lowest BCUT2D eigenvalue weighted by atomic mass is 9.93. The monoisotopic (exact) mass is 468 g/mol. The van der Waals surface area contributed by atoms with Gasteiger partial charge in [-0.2, -0.15) is 5.10 Å². The molecule has 1 aliphatic carbocycles. The first-order chi connectivity index (χ1) is 15.0. The molecule has 5 rings (SSSR count). The van der Waals surface area contributed by atoms with E-state index in [1.165, 1.54) is 11.8 Å². The number of H-pyrrole nitrogens is 1. The number of benzene rings is 2. The maximum Gasteiger partial charge on any atom is 0.204 e. The number of nitrogens with one attached hydrogen (secondary N) is 2. The SMILES string of the molecule is CC(=O)/C(Cc1c[nH]c2ccccc12)=N\Nc1nc2c(s1)CCc1cc(Cl)c(Cl)cc1-2. The molecule has 4 aromatic rings. The molecule has 8 heteroatoms. The van der Waals surface area contributed by atoms with E-state index in [1.807, 2.05) is 42.6 Å². The third-order valence-electron chi connectivity index (χ3n) is 5.45. The van der Waals surface area contributed by atoms with E-state index in [4.69, 9.17) is 28.2 Å². The second kappa shape index (κ2) is 8.11. The Balaban J connectivity index is 1.42. The van der Waals surface area contributed by atoms with E-state index in [1.54, 1.807) is 11.3 Å². The summed E-state index contributed by atoms with van der Waals surface area (Å²) in [5, 5.41) is 7.24. The predicted molar refractivity (Wildman–Crippen MR) is 129 cm³/mol. The lowest BCUT2D eigenvalue weighted by molar-refractivity contribution is -0.111.